The van der Waals surface area contributed by atoms with Crippen LogP contribution in [0.2, 0.25) is 0 Å². The van der Waals surface area contributed by atoms with E-state index in [1.807, 2.05) is 36.9 Å². The molecule has 0 spiro atoms. The van der Waals surface area contributed by atoms with Crippen LogP contribution in [-0.4, -0.2) is 81.7 Å². The molecule has 0 bridgehead atoms. The molecular formula is C19H27N5O2. The predicted octanol–water partition coefficient (Wildman–Crippen LogP) is 1.59. The summed E-state index contributed by atoms with van der Waals surface area (Å²) in [4.78, 5) is 36.3. The summed E-state index contributed by atoms with van der Waals surface area (Å²) in [6.07, 6.45) is 1.80. The minimum absolute atomic E-state index is 0.0944. The largest absolute Gasteiger partial charge is 0.337 e. The zero-order valence-corrected chi connectivity index (χ0v) is 15.8. The Morgan fingerprint density at radius 2 is 1.77 bits per heavy atom. The van der Waals surface area contributed by atoms with Gasteiger partial charge in [0.25, 0.3) is 11.8 Å². The topological polar surface area (TPSA) is 61.2 Å². The number of nitrogens with zero attached hydrogens (tertiary/aromatic N) is 5. The molecule has 0 saturated carbocycles. The molecule has 2 amide bonds. The second-order valence-corrected chi connectivity index (χ2v) is 6.44. The number of likely N-dealkylation sites (N-methyl/N-ethyl adjacent to an activating group) is 1. The molecule has 0 atom stereocenters. The van der Waals surface area contributed by atoms with Gasteiger partial charge in [0.2, 0.25) is 5.82 Å². The fraction of sp³-hybridized carbons (Fsp3) is 0.526. The van der Waals surface area contributed by atoms with E-state index in [4.69, 9.17) is 0 Å². The van der Waals surface area contributed by atoms with E-state index in [-0.39, 0.29) is 11.8 Å². The van der Waals surface area contributed by atoms with E-state index >= 15 is 0 Å². The first-order valence-corrected chi connectivity index (χ1v) is 9.38. The molecule has 26 heavy (non-hydrogen) atoms. The maximum atomic E-state index is 13.1. The lowest BCUT2D eigenvalue weighted by molar-refractivity contribution is 0.0640. The quantitative estimate of drug-likeness (QED) is 0.815. The van der Waals surface area contributed by atoms with Crippen LogP contribution in [0, 0.1) is 0 Å². The van der Waals surface area contributed by atoms with Gasteiger partial charge in [0, 0.05) is 45.5 Å². The Labute approximate surface area is 154 Å². The summed E-state index contributed by atoms with van der Waals surface area (Å²) in [5.74, 6) is 0.0638. The number of piperazine rings is 1. The Kier molecular flexibility index (Phi) is 5.56. The van der Waals surface area contributed by atoms with Crippen LogP contribution in [0.5, 0.6) is 0 Å². The number of carbonyl (C=O) groups is 2. The molecule has 1 saturated heterocycles. The first-order chi connectivity index (χ1) is 12.6. The van der Waals surface area contributed by atoms with E-state index in [2.05, 4.69) is 16.8 Å². The number of carbonyl (C=O) groups excluding carboxylic acids is 2. The van der Waals surface area contributed by atoms with Crippen molar-refractivity contribution in [1.82, 2.24) is 24.1 Å². The Bertz CT molecular complexity index is 788. The van der Waals surface area contributed by atoms with Crippen LogP contribution in [0.4, 0.5) is 0 Å². The van der Waals surface area contributed by atoms with Crippen LogP contribution in [0.1, 0.15) is 41.9 Å². The standard InChI is InChI=1S/C19H27N5O2/c1-4-21-11-13-23(14-12-21)18(25)16-15-9-7-8-10-24(15)17(20-16)19(26)22(5-2)6-3/h7-10H,4-6,11-14H2,1-3H3. The molecule has 0 N–H and O–H groups in total. The number of amides is 2. The summed E-state index contributed by atoms with van der Waals surface area (Å²) < 4.78 is 1.73. The van der Waals surface area contributed by atoms with Gasteiger partial charge in [-0.1, -0.05) is 13.0 Å². The molecule has 3 heterocycles. The van der Waals surface area contributed by atoms with E-state index < -0.39 is 0 Å². The summed E-state index contributed by atoms with van der Waals surface area (Å²) in [5, 5.41) is 0. The number of rotatable bonds is 5. The number of aromatic nitrogens is 2. The molecule has 140 valence electrons. The molecule has 2 aromatic heterocycles. The minimum Gasteiger partial charge on any atom is -0.337 e. The van der Waals surface area contributed by atoms with Crippen molar-refractivity contribution in [3.8, 4) is 0 Å². The van der Waals surface area contributed by atoms with Gasteiger partial charge in [-0.05, 0) is 32.5 Å². The van der Waals surface area contributed by atoms with Crippen molar-refractivity contribution in [1.29, 1.82) is 0 Å². The smallest absolute Gasteiger partial charge is 0.290 e. The number of imidazole rings is 1. The van der Waals surface area contributed by atoms with Crippen molar-refractivity contribution in [2.75, 3.05) is 45.8 Å². The highest BCUT2D eigenvalue weighted by molar-refractivity contribution is 6.02. The Morgan fingerprint density at radius 3 is 2.38 bits per heavy atom. The molecule has 0 unspecified atom stereocenters. The van der Waals surface area contributed by atoms with E-state index in [1.165, 1.54) is 0 Å². The van der Waals surface area contributed by atoms with E-state index in [1.54, 1.807) is 15.5 Å². The zero-order valence-electron chi connectivity index (χ0n) is 15.8. The Hall–Kier alpha value is -2.41. The van der Waals surface area contributed by atoms with Crippen LogP contribution in [0.15, 0.2) is 24.4 Å². The summed E-state index contributed by atoms with van der Waals surface area (Å²) >= 11 is 0. The minimum atomic E-state index is -0.147. The normalized spacial score (nSPS) is 15.4. The van der Waals surface area contributed by atoms with Crippen LogP contribution in [0.3, 0.4) is 0 Å². The molecule has 0 aliphatic carbocycles. The summed E-state index contributed by atoms with van der Waals surface area (Å²) in [6.45, 7) is 11.4. The SMILES string of the molecule is CCN1CCN(C(=O)c2nc(C(=O)N(CC)CC)n3ccccc23)CC1. The number of hydrogen-bond acceptors (Lipinski definition) is 4. The summed E-state index contributed by atoms with van der Waals surface area (Å²) in [5.41, 5.74) is 1.05. The molecule has 7 nitrogen and oxygen atoms in total. The average molecular weight is 357 g/mol. The highest BCUT2D eigenvalue weighted by Crippen LogP contribution is 2.18. The molecule has 1 aliphatic heterocycles. The molecule has 7 heteroatoms. The number of fused-ring (bicyclic) bond motifs is 1. The second kappa shape index (κ2) is 7.86. The third-order valence-electron chi connectivity index (χ3n) is 5.10. The summed E-state index contributed by atoms with van der Waals surface area (Å²) in [6, 6.07) is 5.57. The van der Waals surface area contributed by atoms with Crippen molar-refractivity contribution in [3.63, 3.8) is 0 Å². The van der Waals surface area contributed by atoms with Crippen molar-refractivity contribution in [2.45, 2.75) is 20.8 Å². The van der Waals surface area contributed by atoms with Gasteiger partial charge >= 0.3 is 0 Å². The molecule has 0 radical (unpaired) electrons. The van der Waals surface area contributed by atoms with E-state index in [0.717, 1.165) is 19.6 Å². The fourth-order valence-corrected chi connectivity index (χ4v) is 3.42. The van der Waals surface area contributed by atoms with Gasteiger partial charge < -0.3 is 14.7 Å². The first-order valence-electron chi connectivity index (χ1n) is 9.38. The van der Waals surface area contributed by atoms with Crippen LogP contribution in [-0.2, 0) is 0 Å². The average Bonchev–Trinajstić information content (AvgIpc) is 3.08. The number of hydrogen-bond donors (Lipinski definition) is 0. The molecular weight excluding hydrogens is 330 g/mol. The van der Waals surface area contributed by atoms with Gasteiger partial charge in [-0.2, -0.15) is 0 Å². The van der Waals surface area contributed by atoms with Crippen molar-refractivity contribution in [3.05, 3.63) is 35.9 Å². The first kappa shape index (κ1) is 18.4. The van der Waals surface area contributed by atoms with Gasteiger partial charge in [0.15, 0.2) is 5.69 Å². The molecule has 1 aliphatic rings. The van der Waals surface area contributed by atoms with Crippen LogP contribution < -0.4 is 0 Å². The van der Waals surface area contributed by atoms with Gasteiger partial charge in [0.1, 0.15) is 0 Å². The van der Waals surface area contributed by atoms with Crippen molar-refractivity contribution >= 4 is 17.3 Å². The Morgan fingerprint density at radius 1 is 1.08 bits per heavy atom. The van der Waals surface area contributed by atoms with E-state index in [0.29, 0.717) is 43.2 Å². The van der Waals surface area contributed by atoms with Crippen molar-refractivity contribution in [2.24, 2.45) is 0 Å². The van der Waals surface area contributed by atoms with Gasteiger partial charge in [-0.3, -0.25) is 14.0 Å². The monoisotopic (exact) mass is 357 g/mol. The van der Waals surface area contributed by atoms with Crippen molar-refractivity contribution < 1.29 is 9.59 Å². The number of pyridine rings is 1. The highest BCUT2D eigenvalue weighted by atomic mass is 16.2. The highest BCUT2D eigenvalue weighted by Gasteiger charge is 2.28. The van der Waals surface area contributed by atoms with Crippen LogP contribution >= 0.6 is 0 Å². The zero-order chi connectivity index (χ0) is 18.7. The second-order valence-electron chi connectivity index (χ2n) is 6.44. The Balaban J connectivity index is 1.94. The summed E-state index contributed by atoms with van der Waals surface area (Å²) in [7, 11) is 0. The molecule has 1 fully saturated rings. The van der Waals surface area contributed by atoms with Gasteiger partial charge in [-0.25, -0.2) is 4.98 Å². The predicted molar refractivity (Wildman–Crippen MR) is 100 cm³/mol. The molecule has 0 aromatic carbocycles. The maximum Gasteiger partial charge on any atom is 0.290 e. The third-order valence-corrected chi connectivity index (χ3v) is 5.10. The molecule has 2 aromatic rings. The van der Waals surface area contributed by atoms with Gasteiger partial charge in [-0.15, -0.1) is 0 Å². The van der Waals surface area contributed by atoms with Gasteiger partial charge in [0.05, 0.1) is 5.52 Å². The fourth-order valence-electron chi connectivity index (χ4n) is 3.42. The third kappa shape index (κ3) is 3.31. The lowest BCUT2D eigenvalue weighted by Gasteiger charge is -2.33. The van der Waals surface area contributed by atoms with E-state index in [9.17, 15) is 9.59 Å². The lowest BCUT2D eigenvalue weighted by Crippen LogP contribution is -2.48. The van der Waals surface area contributed by atoms with Crippen LogP contribution in [0.25, 0.3) is 5.52 Å². The lowest BCUT2D eigenvalue weighted by atomic mass is 10.2. The maximum absolute atomic E-state index is 13.1. The molecule has 3 rings (SSSR count).